The van der Waals surface area contributed by atoms with Gasteiger partial charge in [-0.15, -0.1) is 0 Å². The maximum atomic E-state index is 8.62. The van der Waals surface area contributed by atoms with Gasteiger partial charge in [-0.25, -0.2) is 0 Å². The fraction of sp³-hybridized carbons (Fsp3) is 0.900. The highest BCUT2D eigenvalue weighted by Crippen LogP contribution is 2.20. The fourth-order valence-electron chi connectivity index (χ4n) is 1.45. The number of nitrogens with one attached hydrogen (secondary N) is 1. The van der Waals surface area contributed by atoms with E-state index in [0.717, 1.165) is 13.1 Å². The Hall–Kier alpha value is 0.530. The van der Waals surface area contributed by atoms with Crippen LogP contribution in [0.1, 0.15) is 19.8 Å². The number of hydrogen-bond acceptors (Lipinski definition) is 3. The van der Waals surface area contributed by atoms with Gasteiger partial charge < -0.3 is 5.32 Å². The average molecular weight is 328 g/mol. The van der Waals surface area contributed by atoms with Crippen LogP contribution in [0.4, 0.5) is 0 Å². The van der Waals surface area contributed by atoms with Gasteiger partial charge in [0.25, 0.3) is 0 Å². The van der Waals surface area contributed by atoms with E-state index in [4.69, 9.17) is 5.26 Å². The summed E-state index contributed by atoms with van der Waals surface area (Å²) in [6.45, 7) is 4.21. The van der Waals surface area contributed by atoms with Crippen LogP contribution < -0.4 is 5.32 Å². The molecule has 84 valence electrons. The molecule has 2 nitrogen and oxygen atoms in total. The quantitative estimate of drug-likeness (QED) is 0.441. The van der Waals surface area contributed by atoms with Crippen molar-refractivity contribution in [3.63, 3.8) is 0 Å². The fourth-order valence-corrected chi connectivity index (χ4v) is 1.45. The molecule has 1 heterocycles. The second kappa shape index (κ2) is 13.5. The molecule has 0 amide bonds. The first-order chi connectivity index (χ1) is 6.84. The van der Waals surface area contributed by atoms with Crippen LogP contribution >= 0.6 is 35.2 Å². The first-order valence-corrected chi connectivity index (χ1v) is 7.82. The van der Waals surface area contributed by atoms with Crippen molar-refractivity contribution in [1.29, 1.82) is 5.26 Å². The summed E-state index contributed by atoms with van der Waals surface area (Å²) >= 11 is 5.68. The van der Waals surface area contributed by atoms with Crippen LogP contribution in [0.3, 0.4) is 0 Å². The third-order valence-electron chi connectivity index (χ3n) is 2.29. The van der Waals surface area contributed by atoms with Gasteiger partial charge >= 0.3 is 0 Å². The number of thiol groups is 1. The summed E-state index contributed by atoms with van der Waals surface area (Å²) in [5.41, 5.74) is 0. The Morgan fingerprint density at radius 1 is 1.36 bits per heavy atom. The lowest BCUT2D eigenvalue weighted by atomic mass is 9.87. The van der Waals surface area contributed by atoms with Gasteiger partial charge in [-0.05, 0) is 50.0 Å². The highest BCUT2D eigenvalue weighted by atomic mass is 127. The minimum absolute atomic E-state index is 0.252. The number of alkyl halides is 1. The number of nitrogens with zero attached hydrogens (tertiary/aromatic N) is 1. The molecule has 0 bridgehead atoms. The molecule has 0 aromatic heterocycles. The average Bonchev–Trinajstić information content (AvgIpc) is 2.34. The molecule has 0 aromatic carbocycles. The lowest BCUT2D eigenvalue weighted by Gasteiger charge is -2.23. The van der Waals surface area contributed by atoms with Crippen LogP contribution in [0, 0.1) is 23.2 Å². The molecule has 0 saturated carbocycles. The maximum absolute atomic E-state index is 8.62. The lowest BCUT2D eigenvalue weighted by molar-refractivity contribution is 0.318. The molecule has 1 atom stereocenters. The van der Waals surface area contributed by atoms with Crippen LogP contribution in [-0.2, 0) is 0 Å². The Morgan fingerprint density at radius 3 is 2.14 bits per heavy atom. The Morgan fingerprint density at radius 2 is 1.79 bits per heavy atom. The minimum Gasteiger partial charge on any atom is -0.317 e. The molecule has 0 spiro atoms. The van der Waals surface area contributed by atoms with E-state index in [-0.39, 0.29) is 5.92 Å². The van der Waals surface area contributed by atoms with Gasteiger partial charge in [0, 0.05) is 5.92 Å². The summed E-state index contributed by atoms with van der Waals surface area (Å²) in [4.78, 5) is 1.97. The molecule has 1 fully saturated rings. The first-order valence-electron chi connectivity index (χ1n) is 4.77. The summed E-state index contributed by atoms with van der Waals surface area (Å²) in [6.07, 6.45) is 4.05. The molecular formula is C10H21IN2S. The molecule has 1 aliphatic rings. The molecule has 0 aliphatic carbocycles. The van der Waals surface area contributed by atoms with E-state index in [2.05, 4.69) is 46.6 Å². The van der Waals surface area contributed by atoms with Crippen LogP contribution in [-0.4, -0.2) is 24.3 Å². The highest BCUT2D eigenvalue weighted by Gasteiger charge is 2.18. The molecule has 1 N–H and O–H groups in total. The normalized spacial score (nSPS) is 17.7. The van der Waals surface area contributed by atoms with Crippen molar-refractivity contribution in [2.24, 2.45) is 11.8 Å². The monoisotopic (exact) mass is 328 g/mol. The van der Waals surface area contributed by atoms with Crippen molar-refractivity contribution in [2.45, 2.75) is 19.8 Å². The predicted octanol–water partition coefficient (Wildman–Crippen LogP) is 2.74. The third-order valence-corrected chi connectivity index (χ3v) is 2.29. The highest BCUT2D eigenvalue weighted by molar-refractivity contribution is 14.1. The zero-order valence-corrected chi connectivity index (χ0v) is 12.3. The van der Waals surface area contributed by atoms with Crippen molar-refractivity contribution in [3.05, 3.63) is 0 Å². The SMILES string of the molecule is CC(C#N)C1CCNCC1.CI.CS. The van der Waals surface area contributed by atoms with Crippen molar-refractivity contribution in [2.75, 3.05) is 24.3 Å². The Balaban J connectivity index is 0. The van der Waals surface area contributed by atoms with Gasteiger partial charge in [0.05, 0.1) is 6.07 Å². The largest absolute Gasteiger partial charge is 0.317 e. The number of rotatable bonds is 1. The van der Waals surface area contributed by atoms with E-state index in [0.29, 0.717) is 5.92 Å². The van der Waals surface area contributed by atoms with E-state index in [1.165, 1.54) is 12.8 Å². The molecule has 1 aliphatic heterocycles. The number of halogens is 1. The zero-order valence-electron chi connectivity index (χ0n) is 9.26. The van der Waals surface area contributed by atoms with Crippen LogP contribution in [0.5, 0.6) is 0 Å². The van der Waals surface area contributed by atoms with E-state index >= 15 is 0 Å². The second-order valence-corrected chi connectivity index (χ2v) is 3.01. The Kier molecular flexibility index (Phi) is 16.4. The minimum atomic E-state index is 0.252. The molecule has 0 aromatic rings. The Labute approximate surface area is 107 Å². The topological polar surface area (TPSA) is 35.8 Å². The van der Waals surface area contributed by atoms with Gasteiger partial charge in [-0.3, -0.25) is 0 Å². The van der Waals surface area contributed by atoms with E-state index in [1.54, 1.807) is 6.26 Å². The van der Waals surface area contributed by atoms with Crippen molar-refractivity contribution >= 4 is 35.2 Å². The lowest BCUT2D eigenvalue weighted by Crippen LogP contribution is -2.30. The Bertz CT molecular complexity index is 142. The summed E-state index contributed by atoms with van der Waals surface area (Å²) in [6, 6.07) is 2.31. The molecule has 1 unspecified atom stereocenters. The number of nitriles is 1. The molecule has 0 radical (unpaired) electrons. The van der Waals surface area contributed by atoms with Crippen molar-refractivity contribution in [1.82, 2.24) is 5.32 Å². The van der Waals surface area contributed by atoms with Crippen LogP contribution in [0.2, 0.25) is 0 Å². The maximum Gasteiger partial charge on any atom is 0.0655 e. The van der Waals surface area contributed by atoms with Gasteiger partial charge in [0.2, 0.25) is 0 Å². The summed E-state index contributed by atoms with van der Waals surface area (Å²) in [5.74, 6) is 0.897. The van der Waals surface area contributed by atoms with Crippen LogP contribution in [0.15, 0.2) is 0 Å². The smallest absolute Gasteiger partial charge is 0.0655 e. The van der Waals surface area contributed by atoms with E-state index in [9.17, 15) is 0 Å². The number of piperidine rings is 1. The van der Waals surface area contributed by atoms with Crippen LogP contribution in [0.25, 0.3) is 0 Å². The standard InChI is InChI=1S/C8H14N2.CH3I.CH4S/c1-7(6-9)8-2-4-10-5-3-8;2*1-2/h7-8,10H,2-5H2,1H3;1H3;2H,1H3. The van der Waals surface area contributed by atoms with Gasteiger partial charge in [-0.1, -0.05) is 22.6 Å². The van der Waals surface area contributed by atoms with E-state index < -0.39 is 0 Å². The summed E-state index contributed by atoms with van der Waals surface area (Å²) in [7, 11) is 0. The second-order valence-electron chi connectivity index (χ2n) is 3.01. The van der Waals surface area contributed by atoms with Crippen molar-refractivity contribution < 1.29 is 0 Å². The van der Waals surface area contributed by atoms with Gasteiger partial charge in [0.15, 0.2) is 0 Å². The molecule has 1 rings (SSSR count). The van der Waals surface area contributed by atoms with E-state index in [1.807, 2.05) is 11.9 Å². The predicted molar refractivity (Wildman–Crippen MR) is 75.2 cm³/mol. The number of hydrogen-bond donors (Lipinski definition) is 2. The van der Waals surface area contributed by atoms with Gasteiger partial charge in [0.1, 0.15) is 0 Å². The molecular weight excluding hydrogens is 307 g/mol. The van der Waals surface area contributed by atoms with Gasteiger partial charge in [-0.2, -0.15) is 17.9 Å². The molecule has 14 heavy (non-hydrogen) atoms. The molecule has 4 heteroatoms. The first kappa shape index (κ1) is 16.9. The zero-order chi connectivity index (χ0) is 11.4. The molecule has 1 saturated heterocycles. The third kappa shape index (κ3) is 7.89. The van der Waals surface area contributed by atoms with Crippen molar-refractivity contribution in [3.8, 4) is 6.07 Å². The summed E-state index contributed by atoms with van der Waals surface area (Å²) < 4.78 is 0. The summed E-state index contributed by atoms with van der Waals surface area (Å²) in [5, 5.41) is 11.9.